The number of thiophene rings is 1. The summed E-state index contributed by atoms with van der Waals surface area (Å²) in [5.74, 6) is 1.32. The fraction of sp³-hybridized carbons (Fsp3) is 0.280. The molecule has 0 aliphatic rings. The number of rotatable bonds is 8. The Labute approximate surface area is 204 Å². The number of hydrogen-bond acceptors (Lipinski definition) is 7. The van der Waals surface area contributed by atoms with Gasteiger partial charge in [0.25, 0.3) is 0 Å². The molecule has 4 aromatic rings. The van der Waals surface area contributed by atoms with Crippen molar-refractivity contribution in [3.05, 3.63) is 70.9 Å². The quantitative estimate of drug-likeness (QED) is 0.346. The second-order valence-electron chi connectivity index (χ2n) is 8.69. The van der Waals surface area contributed by atoms with E-state index in [1.54, 1.807) is 29.5 Å². The molecule has 9 heteroatoms. The number of hydrogen-bond donors (Lipinski definition) is 2. The van der Waals surface area contributed by atoms with Crippen molar-refractivity contribution in [1.29, 1.82) is 0 Å². The van der Waals surface area contributed by atoms with Crippen LogP contribution in [0.2, 0.25) is 0 Å². The van der Waals surface area contributed by atoms with Gasteiger partial charge >= 0.3 is 0 Å². The van der Waals surface area contributed by atoms with Crippen LogP contribution in [0.15, 0.2) is 54.6 Å². The maximum absolute atomic E-state index is 11.7. The molecule has 2 N–H and O–H groups in total. The van der Waals surface area contributed by atoms with Crippen molar-refractivity contribution < 1.29 is 8.42 Å². The zero-order valence-electron chi connectivity index (χ0n) is 20.0. The van der Waals surface area contributed by atoms with E-state index in [4.69, 9.17) is 0 Å². The van der Waals surface area contributed by atoms with E-state index in [0.29, 0.717) is 17.3 Å². The topological polar surface area (TPSA) is 87.2 Å². The Balaban J connectivity index is 1.64. The second-order valence-corrected chi connectivity index (χ2v) is 11.6. The summed E-state index contributed by atoms with van der Waals surface area (Å²) in [6.45, 7) is 4.83. The number of benzene rings is 2. The molecular weight excluding hydrogens is 466 g/mol. The lowest BCUT2D eigenvalue weighted by Gasteiger charge is -2.16. The third kappa shape index (κ3) is 5.72. The number of fused-ring (bicyclic) bond motifs is 1. The molecule has 0 aliphatic carbocycles. The van der Waals surface area contributed by atoms with Gasteiger partial charge in [0, 0.05) is 27.4 Å². The number of nitrogens with one attached hydrogen (secondary N) is 2. The van der Waals surface area contributed by atoms with Crippen LogP contribution in [0.4, 0.5) is 11.5 Å². The molecule has 2 aromatic heterocycles. The van der Waals surface area contributed by atoms with Gasteiger partial charge in [-0.25, -0.2) is 18.4 Å². The molecule has 0 saturated heterocycles. The predicted molar refractivity (Wildman–Crippen MR) is 142 cm³/mol. The summed E-state index contributed by atoms with van der Waals surface area (Å²) in [5.41, 5.74) is 3.78. The van der Waals surface area contributed by atoms with E-state index in [1.807, 2.05) is 6.92 Å². The highest BCUT2D eigenvalue weighted by Gasteiger charge is 2.15. The summed E-state index contributed by atoms with van der Waals surface area (Å²) in [7, 11) is 0.773. The maximum atomic E-state index is 11.7. The molecule has 1 atom stereocenters. The molecule has 0 amide bonds. The van der Waals surface area contributed by atoms with Gasteiger partial charge in [0.05, 0.1) is 17.8 Å². The van der Waals surface area contributed by atoms with Gasteiger partial charge in [0.15, 0.2) is 0 Å². The minimum atomic E-state index is -3.38. The molecule has 0 saturated carbocycles. The Bertz CT molecular complexity index is 1430. The number of aromatic nitrogens is 2. The molecule has 1 unspecified atom stereocenters. The first-order valence-electron chi connectivity index (χ1n) is 10.9. The number of anilines is 2. The van der Waals surface area contributed by atoms with Crippen LogP contribution in [-0.2, 0) is 16.6 Å². The van der Waals surface area contributed by atoms with Crippen LogP contribution in [0.1, 0.15) is 29.2 Å². The molecule has 2 aromatic carbocycles. The smallest absolute Gasteiger partial charge is 0.229 e. The normalized spacial score (nSPS) is 12.8. The van der Waals surface area contributed by atoms with Gasteiger partial charge < -0.3 is 10.2 Å². The van der Waals surface area contributed by atoms with E-state index < -0.39 is 10.0 Å². The molecule has 2 heterocycles. The van der Waals surface area contributed by atoms with Gasteiger partial charge in [-0.05, 0) is 69.4 Å². The van der Waals surface area contributed by atoms with Crippen molar-refractivity contribution in [2.24, 2.45) is 0 Å². The average molecular weight is 496 g/mol. The summed E-state index contributed by atoms with van der Waals surface area (Å²) >= 11 is 1.76. The van der Waals surface area contributed by atoms with E-state index in [1.165, 1.54) is 20.9 Å². The monoisotopic (exact) mass is 495 g/mol. The van der Waals surface area contributed by atoms with Crippen molar-refractivity contribution in [3.8, 4) is 10.4 Å². The molecular formula is C25H29N5O2S2. The van der Waals surface area contributed by atoms with Crippen LogP contribution < -0.4 is 10.0 Å². The highest BCUT2D eigenvalue weighted by atomic mass is 32.2. The van der Waals surface area contributed by atoms with Crippen LogP contribution in [0, 0.1) is 6.92 Å². The minimum absolute atomic E-state index is 0.00350. The van der Waals surface area contributed by atoms with Gasteiger partial charge in [-0.2, -0.15) is 0 Å². The number of aryl methyl sites for hydroxylation is 1. The van der Waals surface area contributed by atoms with Crippen LogP contribution >= 0.6 is 11.3 Å². The highest BCUT2D eigenvalue weighted by Crippen LogP contribution is 2.35. The van der Waals surface area contributed by atoms with E-state index in [2.05, 4.69) is 82.3 Å². The molecule has 0 radical (unpaired) electrons. The first kappa shape index (κ1) is 24.1. The second kappa shape index (κ2) is 9.69. The average Bonchev–Trinajstić information content (AvgIpc) is 3.23. The van der Waals surface area contributed by atoms with Crippen LogP contribution in [0.3, 0.4) is 0 Å². The van der Waals surface area contributed by atoms with E-state index in [0.717, 1.165) is 23.7 Å². The summed E-state index contributed by atoms with van der Waals surface area (Å²) in [6.07, 6.45) is 1.13. The molecule has 0 aliphatic heterocycles. The third-order valence-corrected chi connectivity index (χ3v) is 7.19. The summed E-state index contributed by atoms with van der Waals surface area (Å²) in [5, 5.41) is 4.28. The number of nitrogens with zero attached hydrogens (tertiary/aromatic N) is 3. The summed E-state index contributed by atoms with van der Waals surface area (Å²) < 4.78 is 25.9. The third-order valence-electron chi connectivity index (χ3n) is 5.29. The van der Waals surface area contributed by atoms with Gasteiger partial charge in [0.1, 0.15) is 11.6 Å². The van der Waals surface area contributed by atoms with E-state index >= 15 is 0 Å². The van der Waals surface area contributed by atoms with Crippen molar-refractivity contribution in [2.45, 2.75) is 26.4 Å². The highest BCUT2D eigenvalue weighted by molar-refractivity contribution is 7.92. The lowest BCUT2D eigenvalue weighted by molar-refractivity contribution is 0.403. The Hall–Kier alpha value is -3.01. The Morgan fingerprint density at radius 2 is 1.82 bits per heavy atom. The molecule has 0 bridgehead atoms. The SMILES string of the molecule is Cc1nc(NC(C)c2ccc(-c3ccccc3CN(C)C)s2)c2cc(NS(C)(=O)=O)ccc2n1. The molecule has 0 spiro atoms. The predicted octanol–water partition coefficient (Wildman–Crippen LogP) is 5.27. The van der Waals surface area contributed by atoms with Crippen molar-refractivity contribution in [3.63, 3.8) is 0 Å². The van der Waals surface area contributed by atoms with Gasteiger partial charge in [-0.1, -0.05) is 24.3 Å². The Kier molecular flexibility index (Phi) is 6.88. The zero-order valence-corrected chi connectivity index (χ0v) is 21.6. The molecule has 34 heavy (non-hydrogen) atoms. The Morgan fingerprint density at radius 3 is 2.56 bits per heavy atom. The largest absolute Gasteiger partial charge is 0.362 e. The van der Waals surface area contributed by atoms with Crippen molar-refractivity contribution in [2.75, 3.05) is 30.4 Å². The van der Waals surface area contributed by atoms with Crippen LogP contribution in [0.25, 0.3) is 21.3 Å². The lowest BCUT2D eigenvalue weighted by atomic mass is 10.1. The molecule has 178 valence electrons. The summed E-state index contributed by atoms with van der Waals surface area (Å²) in [6, 6.07) is 18.1. The fourth-order valence-electron chi connectivity index (χ4n) is 3.88. The maximum Gasteiger partial charge on any atom is 0.229 e. The van der Waals surface area contributed by atoms with Gasteiger partial charge in [-0.3, -0.25) is 4.72 Å². The van der Waals surface area contributed by atoms with Crippen LogP contribution in [0.5, 0.6) is 0 Å². The lowest BCUT2D eigenvalue weighted by Crippen LogP contribution is -2.11. The van der Waals surface area contributed by atoms with Crippen molar-refractivity contribution >= 4 is 43.8 Å². The first-order valence-corrected chi connectivity index (χ1v) is 13.7. The standard InChI is InChI=1S/C25H29N5O2S2/c1-16(23-12-13-24(33-23)20-9-7-6-8-18(20)15-30(3)4)26-25-21-14-19(29-34(5,31)32)10-11-22(21)27-17(2)28-25/h6-14,16,29H,15H2,1-5H3,(H,26,27,28). The first-order chi connectivity index (χ1) is 16.1. The van der Waals surface area contributed by atoms with E-state index in [-0.39, 0.29) is 6.04 Å². The van der Waals surface area contributed by atoms with Crippen molar-refractivity contribution in [1.82, 2.24) is 14.9 Å². The fourth-order valence-corrected chi connectivity index (χ4v) is 5.50. The van der Waals surface area contributed by atoms with Gasteiger partial charge in [0.2, 0.25) is 10.0 Å². The van der Waals surface area contributed by atoms with E-state index in [9.17, 15) is 8.42 Å². The Morgan fingerprint density at radius 1 is 1.06 bits per heavy atom. The molecule has 4 rings (SSSR count). The molecule has 0 fully saturated rings. The van der Waals surface area contributed by atoms with Gasteiger partial charge in [-0.15, -0.1) is 11.3 Å². The number of sulfonamides is 1. The van der Waals surface area contributed by atoms with Crippen LogP contribution in [-0.4, -0.2) is 43.6 Å². The zero-order chi connectivity index (χ0) is 24.5. The minimum Gasteiger partial charge on any atom is -0.362 e. The molecule has 7 nitrogen and oxygen atoms in total. The summed E-state index contributed by atoms with van der Waals surface area (Å²) in [4.78, 5) is 13.7.